The van der Waals surface area contributed by atoms with E-state index in [0.29, 0.717) is 5.75 Å². The lowest BCUT2D eigenvalue weighted by atomic mass is 10.1. The molecule has 0 saturated carbocycles. The van der Waals surface area contributed by atoms with Gasteiger partial charge in [-0.2, -0.15) is 4.31 Å². The summed E-state index contributed by atoms with van der Waals surface area (Å²) in [6.45, 7) is 1.86. The molecule has 0 bridgehead atoms. The third-order valence-electron chi connectivity index (χ3n) is 3.55. The lowest BCUT2D eigenvalue weighted by molar-refractivity contribution is 0.382. The monoisotopic (exact) mass is 305 g/mol. The molecule has 112 valence electrons. The van der Waals surface area contributed by atoms with Crippen LogP contribution in [0.2, 0.25) is 0 Å². The van der Waals surface area contributed by atoms with Gasteiger partial charge >= 0.3 is 0 Å². The summed E-state index contributed by atoms with van der Waals surface area (Å²) in [6.07, 6.45) is 0. The molecule has 2 aromatic carbocycles. The molecule has 2 rings (SSSR count). The van der Waals surface area contributed by atoms with Crippen molar-refractivity contribution in [1.29, 1.82) is 0 Å². The van der Waals surface area contributed by atoms with Gasteiger partial charge in [-0.25, -0.2) is 8.42 Å². The lowest BCUT2D eigenvalue weighted by Crippen LogP contribution is -2.30. The van der Waals surface area contributed by atoms with Crippen LogP contribution in [0.1, 0.15) is 18.5 Å². The van der Waals surface area contributed by atoms with Crippen molar-refractivity contribution in [2.24, 2.45) is 0 Å². The zero-order chi connectivity index (χ0) is 15.5. The molecular formula is C16H19NO3S. The van der Waals surface area contributed by atoms with E-state index in [0.717, 1.165) is 5.56 Å². The van der Waals surface area contributed by atoms with Crippen molar-refractivity contribution >= 4 is 10.0 Å². The van der Waals surface area contributed by atoms with Crippen LogP contribution in [0.3, 0.4) is 0 Å². The van der Waals surface area contributed by atoms with E-state index in [4.69, 9.17) is 4.74 Å². The van der Waals surface area contributed by atoms with Gasteiger partial charge in [-0.1, -0.05) is 42.5 Å². The van der Waals surface area contributed by atoms with E-state index >= 15 is 0 Å². The summed E-state index contributed by atoms with van der Waals surface area (Å²) in [6, 6.07) is 15.9. The second-order valence-corrected chi connectivity index (χ2v) is 6.72. The largest absolute Gasteiger partial charge is 0.495 e. The van der Waals surface area contributed by atoms with Gasteiger partial charge in [0, 0.05) is 13.1 Å². The van der Waals surface area contributed by atoms with Crippen LogP contribution in [-0.2, 0) is 10.0 Å². The highest BCUT2D eigenvalue weighted by atomic mass is 32.2. The molecule has 0 amide bonds. The number of ether oxygens (including phenoxy) is 1. The fourth-order valence-electron chi connectivity index (χ4n) is 2.14. The second kappa shape index (κ2) is 6.28. The van der Waals surface area contributed by atoms with Crippen molar-refractivity contribution < 1.29 is 13.2 Å². The van der Waals surface area contributed by atoms with Crippen LogP contribution >= 0.6 is 0 Å². The van der Waals surface area contributed by atoms with Crippen LogP contribution in [-0.4, -0.2) is 26.9 Å². The molecule has 1 atom stereocenters. The van der Waals surface area contributed by atoms with Gasteiger partial charge in [0.25, 0.3) is 0 Å². The fourth-order valence-corrected chi connectivity index (χ4v) is 3.64. The van der Waals surface area contributed by atoms with E-state index in [1.807, 2.05) is 37.3 Å². The van der Waals surface area contributed by atoms with Crippen LogP contribution < -0.4 is 4.74 Å². The summed E-state index contributed by atoms with van der Waals surface area (Å²) < 4.78 is 32.1. The molecule has 0 spiro atoms. The van der Waals surface area contributed by atoms with Gasteiger partial charge in [-0.15, -0.1) is 0 Å². The number of rotatable bonds is 5. The number of methoxy groups -OCH3 is 1. The Morgan fingerprint density at radius 2 is 1.57 bits per heavy atom. The van der Waals surface area contributed by atoms with Gasteiger partial charge in [0.1, 0.15) is 10.6 Å². The molecule has 0 aromatic heterocycles. The lowest BCUT2D eigenvalue weighted by Gasteiger charge is -2.25. The van der Waals surface area contributed by atoms with E-state index < -0.39 is 10.0 Å². The molecule has 21 heavy (non-hydrogen) atoms. The van der Waals surface area contributed by atoms with Crippen molar-refractivity contribution in [3.8, 4) is 5.75 Å². The zero-order valence-electron chi connectivity index (χ0n) is 12.4. The maximum Gasteiger partial charge on any atom is 0.247 e. The highest BCUT2D eigenvalue weighted by Crippen LogP contribution is 2.30. The second-order valence-electron chi connectivity index (χ2n) is 4.76. The van der Waals surface area contributed by atoms with E-state index in [1.54, 1.807) is 31.3 Å². The maximum absolute atomic E-state index is 12.8. The number of sulfonamides is 1. The number of para-hydroxylation sites is 1. The first-order valence-electron chi connectivity index (χ1n) is 6.64. The summed E-state index contributed by atoms with van der Waals surface area (Å²) in [5.41, 5.74) is 0.943. The SMILES string of the molecule is COc1ccccc1S(=O)(=O)N(C)C(C)c1ccccc1. The van der Waals surface area contributed by atoms with Crippen LogP contribution in [0, 0.1) is 0 Å². The molecule has 2 aromatic rings. The van der Waals surface area contributed by atoms with Crippen LogP contribution in [0.5, 0.6) is 5.75 Å². The van der Waals surface area contributed by atoms with Gasteiger partial charge < -0.3 is 4.74 Å². The Balaban J connectivity index is 2.39. The Bertz CT molecular complexity index is 698. The van der Waals surface area contributed by atoms with Gasteiger partial charge in [-0.3, -0.25) is 0 Å². The van der Waals surface area contributed by atoms with Crippen LogP contribution in [0.4, 0.5) is 0 Å². The number of hydrogen-bond donors (Lipinski definition) is 0. The van der Waals surface area contributed by atoms with E-state index in [2.05, 4.69) is 0 Å². The van der Waals surface area contributed by atoms with Gasteiger partial charge in [0.05, 0.1) is 7.11 Å². The smallest absolute Gasteiger partial charge is 0.247 e. The molecule has 4 nitrogen and oxygen atoms in total. The van der Waals surface area contributed by atoms with Crippen LogP contribution in [0.15, 0.2) is 59.5 Å². The Morgan fingerprint density at radius 1 is 1.00 bits per heavy atom. The molecule has 5 heteroatoms. The zero-order valence-corrected chi connectivity index (χ0v) is 13.2. The van der Waals surface area contributed by atoms with Crippen molar-refractivity contribution in [1.82, 2.24) is 4.31 Å². The summed E-state index contributed by atoms with van der Waals surface area (Å²) in [7, 11) is -0.571. The molecule has 0 fully saturated rings. The highest BCUT2D eigenvalue weighted by Gasteiger charge is 2.28. The van der Waals surface area contributed by atoms with Crippen LogP contribution in [0.25, 0.3) is 0 Å². The average Bonchev–Trinajstić information content (AvgIpc) is 2.54. The molecule has 0 radical (unpaired) electrons. The Labute approximate surface area is 126 Å². The Hall–Kier alpha value is -1.85. The minimum atomic E-state index is -3.62. The Morgan fingerprint density at radius 3 is 2.19 bits per heavy atom. The highest BCUT2D eigenvalue weighted by molar-refractivity contribution is 7.89. The third kappa shape index (κ3) is 3.09. The molecule has 0 N–H and O–H groups in total. The quantitative estimate of drug-likeness (QED) is 0.853. The molecule has 0 aliphatic carbocycles. The van der Waals surface area contributed by atoms with Gasteiger partial charge in [0.15, 0.2) is 0 Å². The summed E-state index contributed by atoms with van der Waals surface area (Å²) in [5, 5.41) is 0. The topological polar surface area (TPSA) is 46.6 Å². The maximum atomic E-state index is 12.8. The van der Waals surface area contributed by atoms with E-state index in [1.165, 1.54) is 11.4 Å². The molecule has 0 aliphatic rings. The number of hydrogen-bond acceptors (Lipinski definition) is 3. The molecule has 0 aliphatic heterocycles. The Kier molecular flexibility index (Phi) is 4.65. The first-order valence-corrected chi connectivity index (χ1v) is 8.08. The van der Waals surface area contributed by atoms with E-state index in [9.17, 15) is 8.42 Å². The predicted octanol–water partition coefficient (Wildman–Crippen LogP) is 3.08. The number of nitrogens with zero attached hydrogens (tertiary/aromatic N) is 1. The fraction of sp³-hybridized carbons (Fsp3) is 0.250. The minimum absolute atomic E-state index is 0.179. The molecular weight excluding hydrogens is 286 g/mol. The van der Waals surface area contributed by atoms with Gasteiger partial charge in [-0.05, 0) is 24.6 Å². The van der Waals surface area contributed by atoms with Crippen molar-refractivity contribution in [3.05, 3.63) is 60.2 Å². The summed E-state index contributed by atoms with van der Waals surface area (Å²) in [5.74, 6) is 0.351. The predicted molar refractivity (Wildman–Crippen MR) is 82.8 cm³/mol. The number of benzene rings is 2. The normalized spacial score (nSPS) is 13.1. The first-order chi connectivity index (χ1) is 9.98. The van der Waals surface area contributed by atoms with Crippen molar-refractivity contribution in [3.63, 3.8) is 0 Å². The van der Waals surface area contributed by atoms with Crippen molar-refractivity contribution in [2.75, 3.05) is 14.2 Å². The molecule has 1 unspecified atom stereocenters. The van der Waals surface area contributed by atoms with Crippen molar-refractivity contribution in [2.45, 2.75) is 17.9 Å². The summed E-state index contributed by atoms with van der Waals surface area (Å²) >= 11 is 0. The molecule has 0 heterocycles. The van der Waals surface area contributed by atoms with E-state index in [-0.39, 0.29) is 10.9 Å². The van der Waals surface area contributed by atoms with Gasteiger partial charge in [0.2, 0.25) is 10.0 Å². The minimum Gasteiger partial charge on any atom is -0.495 e. The first kappa shape index (κ1) is 15.5. The third-order valence-corrected chi connectivity index (χ3v) is 5.52. The molecule has 0 saturated heterocycles. The standard InChI is InChI=1S/C16H19NO3S/c1-13(14-9-5-4-6-10-14)17(2)21(18,19)16-12-8-7-11-15(16)20-3/h4-13H,1-3H3. The average molecular weight is 305 g/mol. The summed E-state index contributed by atoms with van der Waals surface area (Å²) in [4.78, 5) is 0.179.